The van der Waals surface area contributed by atoms with Crippen LogP contribution in [-0.2, 0) is 16.1 Å². The van der Waals surface area contributed by atoms with E-state index >= 15 is 0 Å². The molecule has 1 aromatic carbocycles. The normalized spacial score (nSPS) is 18.0. The van der Waals surface area contributed by atoms with Crippen molar-refractivity contribution in [3.63, 3.8) is 0 Å². The maximum absolute atomic E-state index is 12.3. The first-order chi connectivity index (χ1) is 11.6. The maximum Gasteiger partial charge on any atom is 0.245 e. The summed E-state index contributed by atoms with van der Waals surface area (Å²) >= 11 is 1.57. The van der Waals surface area contributed by atoms with Gasteiger partial charge in [-0.2, -0.15) is 5.10 Å². The van der Waals surface area contributed by atoms with Gasteiger partial charge in [0, 0.05) is 24.4 Å². The first-order valence-corrected chi connectivity index (χ1v) is 8.71. The summed E-state index contributed by atoms with van der Waals surface area (Å²) in [6.45, 7) is 2.84. The number of thiophene rings is 1. The van der Waals surface area contributed by atoms with Crippen molar-refractivity contribution in [2.24, 2.45) is 11.0 Å². The van der Waals surface area contributed by atoms with Crippen LogP contribution in [0.15, 0.2) is 52.9 Å². The number of rotatable bonds is 5. The highest BCUT2D eigenvalue weighted by molar-refractivity contribution is 7.12. The quantitative estimate of drug-likeness (QED) is 0.671. The molecule has 0 aliphatic carbocycles. The molecule has 1 aromatic heterocycles. The molecule has 2 amide bonds. The number of benzene rings is 1. The number of hydrogen-bond donors (Lipinski definition) is 1. The molecule has 1 aliphatic heterocycles. The van der Waals surface area contributed by atoms with Gasteiger partial charge in [0.2, 0.25) is 11.8 Å². The highest BCUT2D eigenvalue weighted by Gasteiger charge is 2.34. The molecular formula is C18H19N3O2S. The van der Waals surface area contributed by atoms with Crippen LogP contribution in [0, 0.1) is 5.92 Å². The number of nitrogens with one attached hydrogen (secondary N) is 1. The monoisotopic (exact) mass is 341 g/mol. The zero-order valence-corrected chi connectivity index (χ0v) is 14.3. The Morgan fingerprint density at radius 3 is 2.79 bits per heavy atom. The minimum atomic E-state index is -0.346. The summed E-state index contributed by atoms with van der Waals surface area (Å²) in [7, 11) is 0. The second kappa shape index (κ2) is 7.40. The van der Waals surface area contributed by atoms with Gasteiger partial charge in [-0.3, -0.25) is 9.59 Å². The van der Waals surface area contributed by atoms with Gasteiger partial charge >= 0.3 is 0 Å². The van der Waals surface area contributed by atoms with Crippen molar-refractivity contribution in [2.45, 2.75) is 19.9 Å². The first-order valence-electron chi connectivity index (χ1n) is 7.83. The Balaban J connectivity index is 1.57. The molecule has 1 saturated heterocycles. The third-order valence-electron chi connectivity index (χ3n) is 4.01. The summed E-state index contributed by atoms with van der Waals surface area (Å²) in [6.07, 6.45) is 0.242. The molecule has 24 heavy (non-hydrogen) atoms. The lowest BCUT2D eigenvalue weighted by atomic mass is 10.1. The second-order valence-corrected chi connectivity index (χ2v) is 6.76. The molecular weight excluding hydrogens is 322 g/mol. The van der Waals surface area contributed by atoms with Crippen molar-refractivity contribution in [1.29, 1.82) is 0 Å². The first kappa shape index (κ1) is 16.4. The van der Waals surface area contributed by atoms with E-state index in [9.17, 15) is 9.59 Å². The fourth-order valence-corrected chi connectivity index (χ4v) is 3.35. The predicted molar refractivity (Wildman–Crippen MR) is 94.6 cm³/mol. The summed E-state index contributed by atoms with van der Waals surface area (Å²) in [5.41, 5.74) is 4.43. The Bertz CT molecular complexity index is 741. The van der Waals surface area contributed by atoms with Crippen LogP contribution in [-0.4, -0.2) is 29.0 Å². The molecule has 1 aliphatic rings. The van der Waals surface area contributed by atoms with Crippen LogP contribution in [0.1, 0.15) is 23.8 Å². The standard InChI is InChI=1S/C18H19N3O2S/c1-13(16-8-5-9-24-16)19-20-18(23)15-10-17(22)21(12-15)11-14-6-3-2-4-7-14/h2-9,15H,10-12H2,1H3,(H,20,23). The molecule has 0 saturated carbocycles. The van der Waals surface area contributed by atoms with Gasteiger partial charge in [-0.05, 0) is 23.9 Å². The van der Waals surface area contributed by atoms with Crippen molar-refractivity contribution in [3.8, 4) is 0 Å². The van der Waals surface area contributed by atoms with E-state index in [1.807, 2.05) is 54.8 Å². The molecule has 0 spiro atoms. The van der Waals surface area contributed by atoms with E-state index in [1.165, 1.54) is 0 Å². The molecule has 1 N–H and O–H groups in total. The van der Waals surface area contributed by atoms with Gasteiger partial charge in [0.1, 0.15) is 0 Å². The molecule has 1 fully saturated rings. The second-order valence-electron chi connectivity index (χ2n) is 5.81. The largest absolute Gasteiger partial charge is 0.338 e. The van der Waals surface area contributed by atoms with Crippen LogP contribution in [0.4, 0.5) is 0 Å². The highest BCUT2D eigenvalue weighted by atomic mass is 32.1. The molecule has 0 bridgehead atoms. The number of hydrazone groups is 1. The number of hydrogen-bond acceptors (Lipinski definition) is 4. The van der Waals surface area contributed by atoms with Gasteiger partial charge in [0.25, 0.3) is 0 Å². The summed E-state index contributed by atoms with van der Waals surface area (Å²) < 4.78 is 0. The number of nitrogens with zero attached hydrogens (tertiary/aromatic N) is 2. The van der Waals surface area contributed by atoms with Gasteiger partial charge in [-0.15, -0.1) is 11.3 Å². The van der Waals surface area contributed by atoms with Crippen LogP contribution in [0.5, 0.6) is 0 Å². The lowest BCUT2D eigenvalue weighted by molar-refractivity contribution is -0.129. The lowest BCUT2D eigenvalue weighted by Crippen LogP contribution is -2.30. The van der Waals surface area contributed by atoms with Crippen molar-refractivity contribution in [3.05, 3.63) is 58.3 Å². The van der Waals surface area contributed by atoms with E-state index in [-0.39, 0.29) is 24.2 Å². The molecule has 0 radical (unpaired) electrons. The Morgan fingerprint density at radius 2 is 2.08 bits per heavy atom. The predicted octanol–water partition coefficient (Wildman–Crippen LogP) is 2.64. The molecule has 1 atom stereocenters. The third kappa shape index (κ3) is 3.89. The van der Waals surface area contributed by atoms with Crippen molar-refractivity contribution < 1.29 is 9.59 Å². The van der Waals surface area contributed by atoms with Gasteiger partial charge in [0.05, 0.1) is 11.6 Å². The van der Waals surface area contributed by atoms with Gasteiger partial charge in [-0.1, -0.05) is 36.4 Å². The van der Waals surface area contributed by atoms with E-state index in [4.69, 9.17) is 0 Å². The van der Waals surface area contributed by atoms with E-state index in [0.29, 0.717) is 13.1 Å². The summed E-state index contributed by atoms with van der Waals surface area (Å²) in [5, 5.41) is 6.11. The fraction of sp³-hybridized carbons (Fsp3) is 0.278. The molecule has 5 nitrogen and oxygen atoms in total. The molecule has 3 rings (SSSR count). The summed E-state index contributed by atoms with van der Waals surface area (Å²) in [6, 6.07) is 13.7. The summed E-state index contributed by atoms with van der Waals surface area (Å²) in [4.78, 5) is 27.1. The van der Waals surface area contributed by atoms with E-state index in [2.05, 4.69) is 10.5 Å². The Kier molecular flexibility index (Phi) is 5.05. The number of likely N-dealkylation sites (tertiary alicyclic amines) is 1. The zero-order valence-electron chi connectivity index (χ0n) is 13.4. The topological polar surface area (TPSA) is 61.8 Å². The average molecular weight is 341 g/mol. The number of carbonyl (C=O) groups excluding carboxylic acids is 2. The minimum absolute atomic E-state index is 0.0120. The molecule has 124 valence electrons. The Labute approximate surface area is 145 Å². The van der Waals surface area contributed by atoms with Gasteiger partial charge in [-0.25, -0.2) is 5.43 Å². The lowest BCUT2D eigenvalue weighted by Gasteiger charge is -2.16. The van der Waals surface area contributed by atoms with Crippen molar-refractivity contribution in [1.82, 2.24) is 10.3 Å². The zero-order chi connectivity index (χ0) is 16.9. The fourth-order valence-electron chi connectivity index (χ4n) is 2.67. The maximum atomic E-state index is 12.3. The smallest absolute Gasteiger partial charge is 0.245 e. The van der Waals surface area contributed by atoms with E-state index in [0.717, 1.165) is 16.2 Å². The Hall–Kier alpha value is -2.47. The van der Waals surface area contributed by atoms with Crippen LogP contribution in [0.3, 0.4) is 0 Å². The van der Waals surface area contributed by atoms with E-state index in [1.54, 1.807) is 16.2 Å². The number of amides is 2. The Morgan fingerprint density at radius 1 is 1.29 bits per heavy atom. The third-order valence-corrected chi connectivity index (χ3v) is 4.99. The minimum Gasteiger partial charge on any atom is -0.338 e. The van der Waals surface area contributed by atoms with E-state index < -0.39 is 0 Å². The van der Waals surface area contributed by atoms with Gasteiger partial charge in [0.15, 0.2) is 0 Å². The van der Waals surface area contributed by atoms with Crippen LogP contribution < -0.4 is 5.43 Å². The van der Waals surface area contributed by atoms with Crippen LogP contribution in [0.2, 0.25) is 0 Å². The molecule has 1 unspecified atom stereocenters. The van der Waals surface area contributed by atoms with Gasteiger partial charge < -0.3 is 4.90 Å². The average Bonchev–Trinajstić information content (AvgIpc) is 3.24. The molecule has 2 heterocycles. The highest BCUT2D eigenvalue weighted by Crippen LogP contribution is 2.20. The van der Waals surface area contributed by atoms with Crippen molar-refractivity contribution in [2.75, 3.05) is 6.54 Å². The molecule has 2 aromatic rings. The van der Waals surface area contributed by atoms with Crippen LogP contribution >= 0.6 is 11.3 Å². The number of carbonyl (C=O) groups is 2. The molecule has 6 heteroatoms. The summed E-state index contributed by atoms with van der Waals surface area (Å²) in [5.74, 6) is -0.533. The van der Waals surface area contributed by atoms with Crippen molar-refractivity contribution >= 4 is 28.9 Å². The van der Waals surface area contributed by atoms with Crippen LogP contribution in [0.25, 0.3) is 0 Å². The SMILES string of the molecule is CC(=NNC(=O)C1CC(=O)N(Cc2ccccc2)C1)c1cccs1.